The summed E-state index contributed by atoms with van der Waals surface area (Å²) in [6, 6.07) is 6.19. The summed E-state index contributed by atoms with van der Waals surface area (Å²) in [7, 11) is 0. The number of likely N-dealkylation sites (tertiary alicyclic amines) is 2. The van der Waals surface area contributed by atoms with Crippen molar-refractivity contribution in [1.29, 1.82) is 0 Å². The molecule has 0 unspecified atom stereocenters. The molecule has 2 atom stereocenters. The highest BCUT2D eigenvalue weighted by atomic mass is 32.1. The van der Waals surface area contributed by atoms with Crippen LogP contribution in [0.1, 0.15) is 10.7 Å². The molecule has 2 aromatic rings. The van der Waals surface area contributed by atoms with E-state index in [1.807, 2.05) is 18.5 Å². The molecule has 0 aromatic carbocycles. The van der Waals surface area contributed by atoms with Crippen LogP contribution in [0.2, 0.25) is 0 Å². The van der Waals surface area contributed by atoms with Crippen LogP contribution in [0.15, 0.2) is 36.0 Å². The molecule has 0 aliphatic carbocycles. The molecule has 2 aromatic heterocycles. The fourth-order valence-corrected chi connectivity index (χ4v) is 4.35. The number of fused-ring (bicyclic) bond motifs is 1. The van der Waals surface area contributed by atoms with E-state index >= 15 is 0 Å². The largest absolute Gasteiger partial charge is 0.297 e. The van der Waals surface area contributed by atoms with Crippen molar-refractivity contribution >= 4 is 11.3 Å². The summed E-state index contributed by atoms with van der Waals surface area (Å²) in [5.74, 6) is 1.65. The van der Waals surface area contributed by atoms with Crippen LogP contribution in [0.4, 0.5) is 0 Å². The molecule has 0 N–H and O–H groups in total. The van der Waals surface area contributed by atoms with Gasteiger partial charge in [0.25, 0.3) is 0 Å². The second kappa shape index (κ2) is 5.83. The van der Waals surface area contributed by atoms with Crippen molar-refractivity contribution in [2.75, 3.05) is 26.2 Å². The fraction of sp³-hybridized carbons (Fsp3) is 0.500. The molecule has 2 aliphatic heterocycles. The van der Waals surface area contributed by atoms with Gasteiger partial charge >= 0.3 is 0 Å². The smallest absolute Gasteiger partial charge is 0.107 e. The average Bonchev–Trinajstić information content (AvgIpc) is 3.17. The van der Waals surface area contributed by atoms with E-state index in [0.29, 0.717) is 0 Å². The molecule has 0 radical (unpaired) electrons. The maximum absolute atomic E-state index is 4.44. The van der Waals surface area contributed by atoms with Gasteiger partial charge in [-0.15, -0.1) is 11.3 Å². The highest BCUT2D eigenvalue weighted by Gasteiger charge is 2.39. The van der Waals surface area contributed by atoms with Crippen LogP contribution >= 0.6 is 11.3 Å². The van der Waals surface area contributed by atoms with Gasteiger partial charge in [-0.1, -0.05) is 6.07 Å². The van der Waals surface area contributed by atoms with Crippen molar-refractivity contribution < 1.29 is 0 Å². The van der Waals surface area contributed by atoms with Gasteiger partial charge in [0.05, 0.1) is 12.2 Å². The minimum atomic E-state index is 0.827. The lowest BCUT2D eigenvalue weighted by atomic mass is 10.0. The minimum Gasteiger partial charge on any atom is -0.297 e. The molecular weight excluding hydrogens is 280 g/mol. The van der Waals surface area contributed by atoms with Crippen LogP contribution in [-0.2, 0) is 13.1 Å². The Bertz CT molecular complexity index is 557. The first-order chi connectivity index (χ1) is 10.4. The summed E-state index contributed by atoms with van der Waals surface area (Å²) in [6.07, 6.45) is 3.80. The Morgan fingerprint density at radius 2 is 1.71 bits per heavy atom. The lowest BCUT2D eigenvalue weighted by Gasteiger charge is -2.20. The highest BCUT2D eigenvalue weighted by molar-refractivity contribution is 7.09. The van der Waals surface area contributed by atoms with Crippen molar-refractivity contribution in [2.45, 2.75) is 13.1 Å². The molecule has 4 nitrogen and oxygen atoms in total. The number of aromatic nitrogens is 2. The van der Waals surface area contributed by atoms with Gasteiger partial charge in [0.1, 0.15) is 5.01 Å². The Balaban J connectivity index is 1.31. The van der Waals surface area contributed by atoms with Crippen molar-refractivity contribution in [2.24, 2.45) is 11.8 Å². The Labute approximate surface area is 129 Å². The van der Waals surface area contributed by atoms with Gasteiger partial charge in [0, 0.05) is 50.5 Å². The molecule has 0 spiro atoms. The predicted octanol–water partition coefficient (Wildman–Crippen LogP) is 2.10. The third kappa shape index (κ3) is 3.00. The Morgan fingerprint density at radius 3 is 2.33 bits per heavy atom. The van der Waals surface area contributed by atoms with E-state index in [1.54, 1.807) is 11.3 Å². The second-order valence-electron chi connectivity index (χ2n) is 6.16. The molecule has 5 heteroatoms. The zero-order valence-electron chi connectivity index (χ0n) is 12.1. The lowest BCUT2D eigenvalue weighted by molar-refractivity contribution is 0.244. The standard InChI is InChI=1S/C16H20N4S/c1-2-4-17-15(3-1)11-19-7-13-9-20(10-14(13)8-19)12-16-18-5-6-21-16/h1-6,13-14H,7-12H2/t13-,14+. The molecular formula is C16H20N4S. The summed E-state index contributed by atoms with van der Waals surface area (Å²) in [4.78, 5) is 14.0. The summed E-state index contributed by atoms with van der Waals surface area (Å²) >= 11 is 1.77. The van der Waals surface area contributed by atoms with Crippen LogP contribution in [0, 0.1) is 11.8 Å². The monoisotopic (exact) mass is 300 g/mol. The normalized spacial score (nSPS) is 26.3. The van der Waals surface area contributed by atoms with Gasteiger partial charge in [-0.3, -0.25) is 14.8 Å². The van der Waals surface area contributed by atoms with E-state index in [9.17, 15) is 0 Å². The van der Waals surface area contributed by atoms with Gasteiger partial charge in [-0.25, -0.2) is 4.98 Å². The molecule has 4 heterocycles. The van der Waals surface area contributed by atoms with Crippen molar-refractivity contribution in [1.82, 2.24) is 19.8 Å². The molecule has 110 valence electrons. The molecule has 21 heavy (non-hydrogen) atoms. The first-order valence-corrected chi connectivity index (χ1v) is 8.48. The van der Waals surface area contributed by atoms with E-state index in [2.05, 4.69) is 37.3 Å². The molecule has 0 amide bonds. The van der Waals surface area contributed by atoms with Crippen molar-refractivity contribution in [3.05, 3.63) is 46.7 Å². The zero-order valence-corrected chi connectivity index (χ0v) is 12.9. The van der Waals surface area contributed by atoms with Crippen LogP contribution in [0.25, 0.3) is 0 Å². The summed E-state index contributed by atoms with van der Waals surface area (Å²) in [6.45, 7) is 6.92. The van der Waals surface area contributed by atoms with Crippen LogP contribution in [-0.4, -0.2) is 45.9 Å². The van der Waals surface area contributed by atoms with Crippen LogP contribution in [0.3, 0.4) is 0 Å². The summed E-state index contributed by atoms with van der Waals surface area (Å²) in [5, 5.41) is 3.32. The van der Waals surface area contributed by atoms with Gasteiger partial charge in [-0.2, -0.15) is 0 Å². The Hall–Kier alpha value is -1.30. The fourth-order valence-electron chi connectivity index (χ4n) is 3.69. The number of rotatable bonds is 4. The van der Waals surface area contributed by atoms with E-state index in [0.717, 1.165) is 24.9 Å². The first-order valence-electron chi connectivity index (χ1n) is 7.60. The number of hydrogen-bond donors (Lipinski definition) is 0. The van der Waals surface area contributed by atoms with Gasteiger partial charge in [0.2, 0.25) is 0 Å². The number of pyridine rings is 1. The van der Waals surface area contributed by atoms with E-state index in [-0.39, 0.29) is 0 Å². The first kappa shape index (κ1) is 13.4. The van der Waals surface area contributed by atoms with Gasteiger partial charge in [0.15, 0.2) is 0 Å². The molecule has 4 rings (SSSR count). The lowest BCUT2D eigenvalue weighted by Crippen LogP contribution is -2.28. The van der Waals surface area contributed by atoms with Crippen LogP contribution in [0.5, 0.6) is 0 Å². The number of nitrogens with zero attached hydrogens (tertiary/aromatic N) is 4. The third-order valence-electron chi connectivity index (χ3n) is 4.59. The van der Waals surface area contributed by atoms with E-state index < -0.39 is 0 Å². The predicted molar refractivity (Wildman–Crippen MR) is 83.9 cm³/mol. The maximum atomic E-state index is 4.44. The zero-order chi connectivity index (χ0) is 14.1. The van der Waals surface area contributed by atoms with Gasteiger partial charge in [-0.05, 0) is 24.0 Å². The quantitative estimate of drug-likeness (QED) is 0.865. The third-order valence-corrected chi connectivity index (χ3v) is 5.36. The SMILES string of the molecule is c1ccc(CN2C[C@@H]3CN(Cc4nccs4)C[C@@H]3C2)nc1. The molecule has 0 saturated carbocycles. The molecule has 2 fully saturated rings. The summed E-state index contributed by atoms with van der Waals surface area (Å²) in [5.41, 5.74) is 1.19. The topological polar surface area (TPSA) is 32.3 Å². The van der Waals surface area contributed by atoms with E-state index in [4.69, 9.17) is 0 Å². The Kier molecular flexibility index (Phi) is 3.71. The molecule has 2 saturated heterocycles. The highest BCUT2D eigenvalue weighted by Crippen LogP contribution is 2.32. The van der Waals surface area contributed by atoms with E-state index in [1.165, 1.54) is 36.9 Å². The van der Waals surface area contributed by atoms with Gasteiger partial charge < -0.3 is 0 Å². The second-order valence-corrected chi connectivity index (χ2v) is 7.13. The summed E-state index contributed by atoms with van der Waals surface area (Å²) < 4.78 is 0. The maximum Gasteiger partial charge on any atom is 0.107 e. The molecule has 2 aliphatic rings. The van der Waals surface area contributed by atoms with Crippen LogP contribution < -0.4 is 0 Å². The average molecular weight is 300 g/mol. The van der Waals surface area contributed by atoms with Crippen molar-refractivity contribution in [3.8, 4) is 0 Å². The van der Waals surface area contributed by atoms with Crippen molar-refractivity contribution in [3.63, 3.8) is 0 Å². The minimum absolute atomic E-state index is 0.827. The number of hydrogen-bond acceptors (Lipinski definition) is 5. The Morgan fingerprint density at radius 1 is 0.952 bits per heavy atom. The molecule has 0 bridgehead atoms. The number of thiazole rings is 1.